The number of hydrogen-bond donors (Lipinski definition) is 0. The Kier molecular flexibility index (Phi) is 7.05. The number of methoxy groups -OCH3 is 1. The van der Waals surface area contributed by atoms with E-state index in [2.05, 4.69) is 71.9 Å². The molecule has 2 atom stereocenters. The molecule has 1 fully saturated rings. The van der Waals surface area contributed by atoms with E-state index in [0.29, 0.717) is 0 Å². The first-order valence-corrected chi connectivity index (χ1v) is 13.3. The lowest BCUT2D eigenvalue weighted by Crippen LogP contribution is -2.46. The van der Waals surface area contributed by atoms with Crippen molar-refractivity contribution >= 4 is 8.32 Å². The fourth-order valence-electron chi connectivity index (χ4n) is 3.87. The molecule has 0 N–H and O–H groups in total. The Morgan fingerprint density at radius 2 is 1.93 bits per heavy atom. The quantitative estimate of drug-likeness (QED) is 0.390. The first-order valence-electron chi connectivity index (χ1n) is 10.4. The fraction of sp³-hybridized carbons (Fsp3) is 0.818. The largest absolute Gasteiger partial charge is 0.498 e. The average molecular weight is 396 g/mol. The molecule has 2 aliphatic rings. The van der Waals surface area contributed by atoms with Gasteiger partial charge in [-0.2, -0.15) is 0 Å². The van der Waals surface area contributed by atoms with Crippen LogP contribution in [0.15, 0.2) is 23.5 Å². The molecule has 0 saturated heterocycles. The lowest BCUT2D eigenvalue weighted by molar-refractivity contribution is -0.0597. The van der Waals surface area contributed by atoms with E-state index in [4.69, 9.17) is 13.9 Å². The van der Waals surface area contributed by atoms with Crippen molar-refractivity contribution in [3.8, 4) is 0 Å². The second-order valence-electron chi connectivity index (χ2n) is 9.75. The van der Waals surface area contributed by atoms with Gasteiger partial charge in [0.2, 0.25) is 0 Å². The molecule has 0 amide bonds. The minimum atomic E-state index is -1.86. The minimum Gasteiger partial charge on any atom is -0.498 e. The summed E-state index contributed by atoms with van der Waals surface area (Å²) in [5.41, 5.74) is 1.44. The SMILES string of the molecule is CCOC1=C/C(=C\CC(OC)O[Si](C)(C)C(C)(C)C)C(C2CC2)(N(C)C)C1. The van der Waals surface area contributed by atoms with Crippen LogP contribution >= 0.6 is 0 Å². The molecule has 5 heteroatoms. The predicted molar refractivity (Wildman–Crippen MR) is 115 cm³/mol. The maximum Gasteiger partial charge on any atom is 0.195 e. The second-order valence-corrected chi connectivity index (χ2v) is 14.5. The van der Waals surface area contributed by atoms with Crippen molar-refractivity contribution in [1.29, 1.82) is 0 Å². The van der Waals surface area contributed by atoms with Crippen molar-refractivity contribution in [3.05, 3.63) is 23.5 Å². The van der Waals surface area contributed by atoms with Crippen molar-refractivity contribution in [2.75, 3.05) is 27.8 Å². The zero-order valence-corrected chi connectivity index (χ0v) is 20.0. The molecule has 0 heterocycles. The van der Waals surface area contributed by atoms with Crippen LogP contribution in [-0.2, 0) is 13.9 Å². The molecule has 0 aromatic heterocycles. The minimum absolute atomic E-state index is 0.0692. The molecule has 156 valence electrons. The molecule has 0 aromatic rings. The van der Waals surface area contributed by atoms with E-state index >= 15 is 0 Å². The summed E-state index contributed by atoms with van der Waals surface area (Å²) in [6, 6.07) is 0. The van der Waals surface area contributed by atoms with Crippen LogP contribution in [0.2, 0.25) is 18.1 Å². The summed E-state index contributed by atoms with van der Waals surface area (Å²) in [5.74, 6) is 1.83. The van der Waals surface area contributed by atoms with Gasteiger partial charge in [0.15, 0.2) is 14.6 Å². The second kappa shape index (κ2) is 8.40. The number of ether oxygens (including phenoxy) is 2. The van der Waals surface area contributed by atoms with Crippen LogP contribution in [0.4, 0.5) is 0 Å². The molecule has 0 radical (unpaired) electrons. The first-order chi connectivity index (χ1) is 12.5. The van der Waals surface area contributed by atoms with Gasteiger partial charge in [-0.25, -0.2) is 0 Å². The van der Waals surface area contributed by atoms with Crippen molar-refractivity contribution in [1.82, 2.24) is 4.90 Å². The van der Waals surface area contributed by atoms with Gasteiger partial charge in [0.25, 0.3) is 0 Å². The summed E-state index contributed by atoms with van der Waals surface area (Å²) in [5, 5.41) is 0.174. The van der Waals surface area contributed by atoms with Crippen LogP contribution in [-0.4, -0.2) is 52.9 Å². The first kappa shape index (κ1) is 22.7. The maximum atomic E-state index is 6.50. The molecule has 2 unspecified atom stereocenters. The van der Waals surface area contributed by atoms with E-state index in [1.807, 2.05) is 0 Å². The smallest absolute Gasteiger partial charge is 0.195 e. The number of hydrogen-bond acceptors (Lipinski definition) is 4. The maximum absolute atomic E-state index is 6.50. The summed E-state index contributed by atoms with van der Waals surface area (Å²) < 4.78 is 18.1. The Morgan fingerprint density at radius 1 is 1.30 bits per heavy atom. The standard InChI is InChI=1S/C22H41NO3Si/c1-10-25-19-15-18(22(16-19,23(5)6)17-11-12-17)13-14-20(24-7)26-27(8,9)21(2,3)4/h13,15,17,20H,10-12,14,16H2,1-9H3/b18-13+. The molecule has 2 aliphatic carbocycles. The van der Waals surface area contributed by atoms with Gasteiger partial charge in [-0.05, 0) is 69.6 Å². The van der Waals surface area contributed by atoms with Crippen LogP contribution in [0, 0.1) is 5.92 Å². The molecular weight excluding hydrogens is 354 g/mol. The summed E-state index contributed by atoms with van der Waals surface area (Å²) in [4.78, 5) is 2.40. The summed E-state index contributed by atoms with van der Waals surface area (Å²) in [6.07, 6.45) is 8.77. The molecule has 0 aliphatic heterocycles. The Balaban J connectivity index is 2.22. The van der Waals surface area contributed by atoms with Gasteiger partial charge in [0, 0.05) is 20.0 Å². The van der Waals surface area contributed by atoms with Crippen molar-refractivity contribution in [3.63, 3.8) is 0 Å². The topological polar surface area (TPSA) is 30.9 Å². The number of likely N-dealkylation sites (N-methyl/N-ethyl adjacent to an activating group) is 1. The molecule has 0 spiro atoms. The molecule has 27 heavy (non-hydrogen) atoms. The summed E-state index contributed by atoms with van der Waals surface area (Å²) >= 11 is 0. The lowest BCUT2D eigenvalue weighted by Gasteiger charge is -2.40. The van der Waals surface area contributed by atoms with Crippen LogP contribution in [0.25, 0.3) is 0 Å². The molecule has 0 bridgehead atoms. The molecule has 2 rings (SSSR count). The lowest BCUT2D eigenvalue weighted by atomic mass is 9.84. The zero-order chi connectivity index (χ0) is 20.5. The Hall–Kier alpha value is -0.623. The molecule has 4 nitrogen and oxygen atoms in total. The molecular formula is C22H41NO3Si. The number of nitrogens with zero attached hydrogens (tertiary/aromatic N) is 1. The van der Waals surface area contributed by atoms with Gasteiger partial charge in [0.05, 0.1) is 17.9 Å². The molecule has 1 saturated carbocycles. The van der Waals surface area contributed by atoms with Crippen molar-refractivity contribution in [2.24, 2.45) is 5.92 Å². The Labute approximate surface area is 168 Å². The van der Waals surface area contributed by atoms with Gasteiger partial charge in [-0.1, -0.05) is 26.8 Å². The highest BCUT2D eigenvalue weighted by Gasteiger charge is 2.52. The van der Waals surface area contributed by atoms with E-state index < -0.39 is 8.32 Å². The van der Waals surface area contributed by atoms with Gasteiger partial charge in [-0.15, -0.1) is 0 Å². The van der Waals surface area contributed by atoms with Gasteiger partial charge < -0.3 is 13.9 Å². The molecule has 0 aromatic carbocycles. The van der Waals surface area contributed by atoms with Crippen LogP contribution in [0.3, 0.4) is 0 Å². The van der Waals surface area contributed by atoms with Gasteiger partial charge >= 0.3 is 0 Å². The van der Waals surface area contributed by atoms with E-state index in [1.54, 1.807) is 7.11 Å². The number of rotatable bonds is 9. The highest BCUT2D eigenvalue weighted by atomic mass is 28.4. The third kappa shape index (κ3) is 4.87. The monoisotopic (exact) mass is 395 g/mol. The summed E-state index contributed by atoms with van der Waals surface area (Å²) in [7, 11) is 4.30. The van der Waals surface area contributed by atoms with E-state index in [9.17, 15) is 0 Å². The van der Waals surface area contributed by atoms with Crippen molar-refractivity contribution < 1.29 is 13.9 Å². The normalized spacial score (nSPS) is 26.6. The van der Waals surface area contributed by atoms with Crippen LogP contribution < -0.4 is 0 Å². The third-order valence-electron chi connectivity index (χ3n) is 6.67. The Morgan fingerprint density at radius 3 is 2.37 bits per heavy atom. The van der Waals surface area contributed by atoms with E-state index in [-0.39, 0.29) is 16.9 Å². The predicted octanol–water partition coefficient (Wildman–Crippen LogP) is 5.33. The Bertz CT molecular complexity index is 569. The zero-order valence-electron chi connectivity index (χ0n) is 19.0. The van der Waals surface area contributed by atoms with E-state index in [0.717, 1.165) is 31.1 Å². The van der Waals surface area contributed by atoms with Crippen LogP contribution in [0.5, 0.6) is 0 Å². The van der Waals surface area contributed by atoms with Crippen molar-refractivity contribution in [2.45, 2.75) is 83.3 Å². The highest BCUT2D eigenvalue weighted by Crippen LogP contribution is 2.53. The average Bonchev–Trinajstić information content (AvgIpc) is 3.33. The fourth-order valence-corrected chi connectivity index (χ4v) is 5.08. The summed E-state index contributed by atoms with van der Waals surface area (Å²) in [6.45, 7) is 14.1. The third-order valence-corrected chi connectivity index (χ3v) is 11.1. The van der Waals surface area contributed by atoms with Crippen LogP contribution in [0.1, 0.15) is 53.4 Å². The van der Waals surface area contributed by atoms with Gasteiger partial charge in [0.1, 0.15) is 0 Å². The van der Waals surface area contributed by atoms with Gasteiger partial charge in [-0.3, -0.25) is 4.90 Å². The highest BCUT2D eigenvalue weighted by molar-refractivity contribution is 6.74. The van der Waals surface area contributed by atoms with E-state index in [1.165, 1.54) is 18.4 Å².